The molecule has 3 heterocycles. The van der Waals surface area contributed by atoms with Gasteiger partial charge < -0.3 is 10.3 Å². The molecule has 0 amide bonds. The highest BCUT2D eigenvalue weighted by Crippen LogP contribution is 2.19. The van der Waals surface area contributed by atoms with E-state index < -0.39 is 0 Å². The maximum Gasteiger partial charge on any atom is 0.250 e. The molecule has 1 atom stereocenters. The average Bonchev–Trinajstić information content (AvgIpc) is 2.96. The lowest BCUT2D eigenvalue weighted by atomic mass is 10.0. The Bertz CT molecular complexity index is 507. The number of rotatable bonds is 4. The van der Waals surface area contributed by atoms with Crippen molar-refractivity contribution in [2.45, 2.75) is 37.9 Å². The van der Waals surface area contributed by atoms with Gasteiger partial charge in [0, 0.05) is 44.0 Å². The Labute approximate surface area is 126 Å². The summed E-state index contributed by atoms with van der Waals surface area (Å²) in [5, 5.41) is 0. The van der Waals surface area contributed by atoms with Gasteiger partial charge >= 0.3 is 0 Å². The summed E-state index contributed by atoms with van der Waals surface area (Å²) in [6.07, 6.45) is 5.40. The van der Waals surface area contributed by atoms with E-state index in [1.165, 1.54) is 6.42 Å². The van der Waals surface area contributed by atoms with Crippen molar-refractivity contribution >= 4 is 0 Å². The minimum Gasteiger partial charge on any atom is -0.328 e. The molecule has 5 nitrogen and oxygen atoms in total. The van der Waals surface area contributed by atoms with Crippen molar-refractivity contribution in [3.8, 4) is 0 Å². The van der Waals surface area contributed by atoms with E-state index in [4.69, 9.17) is 5.73 Å². The van der Waals surface area contributed by atoms with E-state index in [9.17, 15) is 4.79 Å². The van der Waals surface area contributed by atoms with Gasteiger partial charge in [-0.05, 0) is 45.0 Å². The Morgan fingerprint density at radius 1 is 1.10 bits per heavy atom. The maximum absolute atomic E-state index is 11.7. The van der Waals surface area contributed by atoms with E-state index >= 15 is 0 Å². The van der Waals surface area contributed by atoms with Gasteiger partial charge in [0.25, 0.3) is 5.56 Å². The second-order valence-corrected chi connectivity index (χ2v) is 6.35. The molecular weight excluding hydrogens is 264 g/mol. The predicted molar refractivity (Wildman–Crippen MR) is 84.3 cm³/mol. The molecule has 0 bridgehead atoms. The van der Waals surface area contributed by atoms with Crippen molar-refractivity contribution in [3.05, 3.63) is 34.7 Å². The number of nitrogens with two attached hydrogens (primary N) is 1. The first-order valence-electron chi connectivity index (χ1n) is 8.10. The van der Waals surface area contributed by atoms with Crippen molar-refractivity contribution in [1.29, 1.82) is 0 Å². The van der Waals surface area contributed by atoms with Gasteiger partial charge in [-0.15, -0.1) is 0 Å². The molecule has 2 fully saturated rings. The van der Waals surface area contributed by atoms with Gasteiger partial charge in [-0.3, -0.25) is 14.6 Å². The van der Waals surface area contributed by atoms with Crippen LogP contribution in [0.2, 0.25) is 0 Å². The molecule has 1 unspecified atom stereocenters. The molecule has 5 heteroatoms. The molecule has 3 rings (SSSR count). The largest absolute Gasteiger partial charge is 0.328 e. The Morgan fingerprint density at radius 2 is 1.90 bits per heavy atom. The third-order valence-electron chi connectivity index (χ3n) is 4.89. The molecule has 0 spiro atoms. The third kappa shape index (κ3) is 3.73. The van der Waals surface area contributed by atoms with Crippen molar-refractivity contribution < 1.29 is 0 Å². The summed E-state index contributed by atoms with van der Waals surface area (Å²) in [6.45, 7) is 6.34. The summed E-state index contributed by atoms with van der Waals surface area (Å²) in [4.78, 5) is 16.8. The van der Waals surface area contributed by atoms with Gasteiger partial charge in [0.1, 0.15) is 0 Å². The van der Waals surface area contributed by atoms with Gasteiger partial charge in [0.2, 0.25) is 0 Å². The molecule has 0 saturated carbocycles. The minimum absolute atomic E-state index is 0.0956. The van der Waals surface area contributed by atoms with Crippen LogP contribution in [-0.2, 0) is 6.54 Å². The summed E-state index contributed by atoms with van der Waals surface area (Å²) in [5.41, 5.74) is 6.08. The second-order valence-electron chi connectivity index (χ2n) is 6.35. The SMILES string of the molecule is NC1CCN(C2CCN(CCn3ccccc3=O)C2)CC1. The number of pyridine rings is 1. The lowest BCUT2D eigenvalue weighted by Gasteiger charge is -2.34. The quantitative estimate of drug-likeness (QED) is 0.869. The molecule has 2 N–H and O–H groups in total. The first kappa shape index (κ1) is 14.8. The highest BCUT2D eigenvalue weighted by molar-refractivity contribution is 4.93. The average molecular weight is 290 g/mol. The van der Waals surface area contributed by atoms with Crippen LogP contribution in [0.25, 0.3) is 0 Å². The number of likely N-dealkylation sites (tertiary alicyclic amines) is 2. The van der Waals surface area contributed by atoms with Gasteiger partial charge in [-0.25, -0.2) is 0 Å². The predicted octanol–water partition coefficient (Wildman–Crippen LogP) is 0.346. The summed E-state index contributed by atoms with van der Waals surface area (Å²) in [6, 6.07) is 6.44. The topological polar surface area (TPSA) is 54.5 Å². The Hall–Kier alpha value is -1.17. The first-order valence-corrected chi connectivity index (χ1v) is 8.10. The maximum atomic E-state index is 11.7. The van der Waals surface area contributed by atoms with E-state index in [2.05, 4.69) is 9.80 Å². The van der Waals surface area contributed by atoms with Crippen LogP contribution in [0, 0.1) is 0 Å². The highest BCUT2D eigenvalue weighted by atomic mass is 16.1. The molecule has 0 aromatic carbocycles. The van der Waals surface area contributed by atoms with Crippen LogP contribution in [0.1, 0.15) is 19.3 Å². The van der Waals surface area contributed by atoms with Crippen LogP contribution in [0.5, 0.6) is 0 Å². The fourth-order valence-corrected chi connectivity index (χ4v) is 3.49. The van der Waals surface area contributed by atoms with E-state index in [0.29, 0.717) is 12.1 Å². The number of aromatic nitrogens is 1. The number of piperidine rings is 1. The lowest BCUT2D eigenvalue weighted by molar-refractivity contribution is 0.152. The number of hydrogen-bond acceptors (Lipinski definition) is 4. The number of nitrogens with zero attached hydrogens (tertiary/aromatic N) is 3. The molecular formula is C16H26N4O. The van der Waals surface area contributed by atoms with Crippen LogP contribution in [0.15, 0.2) is 29.2 Å². The highest BCUT2D eigenvalue weighted by Gasteiger charge is 2.29. The van der Waals surface area contributed by atoms with Crippen molar-refractivity contribution in [3.63, 3.8) is 0 Å². The smallest absolute Gasteiger partial charge is 0.250 e. The molecule has 116 valence electrons. The van der Waals surface area contributed by atoms with Crippen LogP contribution in [-0.4, -0.2) is 59.2 Å². The normalized spacial score (nSPS) is 25.5. The monoisotopic (exact) mass is 290 g/mol. The van der Waals surface area contributed by atoms with Crippen molar-refractivity contribution in [1.82, 2.24) is 14.4 Å². The van der Waals surface area contributed by atoms with Gasteiger partial charge in [-0.2, -0.15) is 0 Å². The number of hydrogen-bond donors (Lipinski definition) is 1. The first-order chi connectivity index (χ1) is 10.2. The van der Waals surface area contributed by atoms with E-state index in [1.807, 2.05) is 12.3 Å². The van der Waals surface area contributed by atoms with E-state index in [0.717, 1.165) is 52.1 Å². The Balaban J connectivity index is 1.47. The van der Waals surface area contributed by atoms with Gasteiger partial charge in [-0.1, -0.05) is 6.07 Å². The van der Waals surface area contributed by atoms with E-state index in [1.54, 1.807) is 16.7 Å². The molecule has 0 aliphatic carbocycles. The summed E-state index contributed by atoms with van der Waals surface area (Å²) in [5.74, 6) is 0. The summed E-state index contributed by atoms with van der Waals surface area (Å²) < 4.78 is 1.80. The zero-order valence-corrected chi connectivity index (χ0v) is 12.7. The van der Waals surface area contributed by atoms with Crippen LogP contribution < -0.4 is 11.3 Å². The minimum atomic E-state index is 0.0956. The summed E-state index contributed by atoms with van der Waals surface area (Å²) in [7, 11) is 0. The van der Waals surface area contributed by atoms with Crippen LogP contribution in [0.3, 0.4) is 0 Å². The third-order valence-corrected chi connectivity index (χ3v) is 4.89. The van der Waals surface area contributed by atoms with Crippen molar-refractivity contribution in [2.24, 2.45) is 5.73 Å². The molecule has 21 heavy (non-hydrogen) atoms. The fourth-order valence-electron chi connectivity index (χ4n) is 3.49. The zero-order chi connectivity index (χ0) is 14.7. The molecule has 1 aromatic rings. The van der Waals surface area contributed by atoms with E-state index in [-0.39, 0.29) is 5.56 Å². The Morgan fingerprint density at radius 3 is 2.67 bits per heavy atom. The Kier molecular flexibility index (Phi) is 4.73. The molecule has 1 aromatic heterocycles. The molecule has 2 aliphatic heterocycles. The molecule has 2 aliphatic rings. The fraction of sp³-hybridized carbons (Fsp3) is 0.688. The molecule has 0 radical (unpaired) electrons. The van der Waals surface area contributed by atoms with Crippen LogP contribution >= 0.6 is 0 Å². The van der Waals surface area contributed by atoms with Gasteiger partial charge in [0.15, 0.2) is 0 Å². The lowest BCUT2D eigenvalue weighted by Crippen LogP contribution is -2.46. The van der Waals surface area contributed by atoms with Crippen LogP contribution in [0.4, 0.5) is 0 Å². The molecule has 2 saturated heterocycles. The standard InChI is InChI=1S/C16H26N4O/c17-14-4-9-19(10-5-14)15-6-8-18(13-15)11-12-20-7-2-1-3-16(20)21/h1-3,7,14-15H,4-6,8-13,17H2. The zero-order valence-electron chi connectivity index (χ0n) is 12.7. The second kappa shape index (κ2) is 6.73. The summed E-state index contributed by atoms with van der Waals surface area (Å²) >= 11 is 0. The van der Waals surface area contributed by atoms with Gasteiger partial charge in [0.05, 0.1) is 0 Å². The van der Waals surface area contributed by atoms with Crippen molar-refractivity contribution in [2.75, 3.05) is 32.7 Å².